The molecule has 1 aromatic heterocycles. The molecule has 3 rings (SSSR count). The lowest BCUT2D eigenvalue weighted by Crippen LogP contribution is -2.22. The van der Waals surface area contributed by atoms with Crippen molar-refractivity contribution in [1.82, 2.24) is 9.97 Å². The SMILES string of the molecule is COc1cc(OC)nc(NC(=N)Nc2ccc(Br)c3ccccc23)n1. The summed E-state index contributed by atoms with van der Waals surface area (Å²) in [5.41, 5.74) is 0.797. The summed E-state index contributed by atoms with van der Waals surface area (Å²) in [5.74, 6) is 0.922. The molecule has 0 aliphatic carbocycles. The Morgan fingerprint density at radius 3 is 2.24 bits per heavy atom. The van der Waals surface area contributed by atoms with Crippen molar-refractivity contribution in [2.24, 2.45) is 0 Å². The number of nitrogens with one attached hydrogen (secondary N) is 3. The molecule has 0 saturated carbocycles. The predicted molar refractivity (Wildman–Crippen MR) is 102 cm³/mol. The second-order valence-electron chi connectivity index (χ2n) is 5.04. The van der Waals surface area contributed by atoms with Crippen molar-refractivity contribution in [2.45, 2.75) is 0 Å². The molecule has 25 heavy (non-hydrogen) atoms. The van der Waals surface area contributed by atoms with E-state index in [0.717, 1.165) is 20.9 Å². The molecule has 0 saturated heterocycles. The lowest BCUT2D eigenvalue weighted by Gasteiger charge is -2.13. The van der Waals surface area contributed by atoms with E-state index in [0.29, 0.717) is 11.8 Å². The van der Waals surface area contributed by atoms with E-state index in [1.807, 2.05) is 36.4 Å². The molecular weight excluding hydrogens is 386 g/mol. The summed E-state index contributed by atoms with van der Waals surface area (Å²) in [7, 11) is 3.01. The first-order chi connectivity index (χ1) is 12.1. The standard InChI is InChI=1S/C17H16BrN5O2/c1-24-14-9-15(25-2)22-17(21-14)23-16(19)20-13-8-7-12(18)10-5-3-4-6-11(10)13/h3-9H,1-2H3,(H3,19,20,21,22,23). The van der Waals surface area contributed by atoms with Gasteiger partial charge in [-0.25, -0.2) is 0 Å². The Hall–Kier alpha value is -2.87. The quantitative estimate of drug-likeness (QED) is 0.453. The van der Waals surface area contributed by atoms with Crippen LogP contribution in [0.1, 0.15) is 0 Å². The van der Waals surface area contributed by atoms with Crippen LogP contribution in [0.3, 0.4) is 0 Å². The first-order valence-corrected chi connectivity index (χ1v) is 8.17. The number of ether oxygens (including phenoxy) is 2. The van der Waals surface area contributed by atoms with Gasteiger partial charge >= 0.3 is 0 Å². The van der Waals surface area contributed by atoms with E-state index in [1.165, 1.54) is 14.2 Å². The molecule has 0 unspecified atom stereocenters. The van der Waals surface area contributed by atoms with E-state index in [4.69, 9.17) is 14.9 Å². The fourth-order valence-electron chi connectivity index (χ4n) is 2.32. The Bertz CT molecular complexity index is 910. The molecule has 8 heteroatoms. The van der Waals surface area contributed by atoms with Crippen molar-refractivity contribution in [3.8, 4) is 11.8 Å². The van der Waals surface area contributed by atoms with Gasteiger partial charge in [0, 0.05) is 15.5 Å². The minimum Gasteiger partial charge on any atom is -0.481 e. The Kier molecular flexibility index (Phi) is 4.99. The van der Waals surface area contributed by atoms with Crippen LogP contribution >= 0.6 is 15.9 Å². The highest BCUT2D eigenvalue weighted by Crippen LogP contribution is 2.30. The first-order valence-electron chi connectivity index (χ1n) is 7.37. The van der Waals surface area contributed by atoms with Crippen LogP contribution in [0.15, 0.2) is 46.9 Å². The van der Waals surface area contributed by atoms with E-state index in [9.17, 15) is 0 Å². The van der Waals surface area contributed by atoms with Crippen LogP contribution < -0.4 is 20.1 Å². The fourth-order valence-corrected chi connectivity index (χ4v) is 2.80. The number of aromatic nitrogens is 2. The molecule has 0 aliphatic heterocycles. The minimum atomic E-state index is 0.0304. The summed E-state index contributed by atoms with van der Waals surface area (Å²) in [6.07, 6.45) is 0. The topological polar surface area (TPSA) is 92.2 Å². The third kappa shape index (κ3) is 3.80. The molecule has 3 aromatic rings. The van der Waals surface area contributed by atoms with Gasteiger partial charge in [-0.3, -0.25) is 10.7 Å². The molecule has 0 aliphatic rings. The van der Waals surface area contributed by atoms with Gasteiger partial charge in [0.15, 0.2) is 5.96 Å². The summed E-state index contributed by atoms with van der Waals surface area (Å²) in [6.45, 7) is 0. The van der Waals surface area contributed by atoms with Crippen LogP contribution in [0, 0.1) is 5.41 Å². The monoisotopic (exact) mass is 401 g/mol. The van der Waals surface area contributed by atoms with E-state index < -0.39 is 0 Å². The second-order valence-corrected chi connectivity index (χ2v) is 5.90. The van der Waals surface area contributed by atoms with Crippen molar-refractivity contribution in [3.05, 3.63) is 46.9 Å². The van der Waals surface area contributed by atoms with E-state index >= 15 is 0 Å². The molecule has 0 radical (unpaired) electrons. The lowest BCUT2D eigenvalue weighted by molar-refractivity contribution is 0.373. The maximum atomic E-state index is 8.15. The minimum absolute atomic E-state index is 0.0304. The van der Waals surface area contributed by atoms with Gasteiger partial charge in [0.05, 0.1) is 20.3 Å². The fraction of sp³-hybridized carbons (Fsp3) is 0.118. The molecule has 7 nitrogen and oxygen atoms in total. The van der Waals surface area contributed by atoms with E-state index in [2.05, 4.69) is 36.5 Å². The number of guanidine groups is 1. The highest BCUT2D eigenvalue weighted by molar-refractivity contribution is 9.10. The Morgan fingerprint density at radius 2 is 1.60 bits per heavy atom. The van der Waals surface area contributed by atoms with Crippen LogP contribution in [0.5, 0.6) is 11.8 Å². The molecule has 1 heterocycles. The Labute approximate surface area is 153 Å². The summed E-state index contributed by atoms with van der Waals surface area (Å²) in [4.78, 5) is 8.29. The van der Waals surface area contributed by atoms with Gasteiger partial charge in [-0.1, -0.05) is 40.2 Å². The van der Waals surface area contributed by atoms with Crippen LogP contribution in [0.4, 0.5) is 11.6 Å². The van der Waals surface area contributed by atoms with Gasteiger partial charge in [-0.15, -0.1) is 0 Å². The summed E-state index contributed by atoms with van der Waals surface area (Å²) in [6, 6.07) is 13.3. The maximum absolute atomic E-state index is 8.15. The van der Waals surface area contributed by atoms with Crippen molar-refractivity contribution in [3.63, 3.8) is 0 Å². The first kappa shape index (κ1) is 17.0. The summed E-state index contributed by atoms with van der Waals surface area (Å²) < 4.78 is 11.2. The second kappa shape index (κ2) is 7.35. The smallest absolute Gasteiger partial charge is 0.236 e. The van der Waals surface area contributed by atoms with E-state index in [-0.39, 0.29) is 11.9 Å². The largest absolute Gasteiger partial charge is 0.481 e. The summed E-state index contributed by atoms with van der Waals surface area (Å²) >= 11 is 3.54. The number of nitrogens with zero attached hydrogens (tertiary/aromatic N) is 2. The maximum Gasteiger partial charge on any atom is 0.236 e. The number of rotatable bonds is 4. The van der Waals surface area contributed by atoms with Crippen molar-refractivity contribution >= 4 is 44.3 Å². The normalized spacial score (nSPS) is 10.4. The van der Waals surface area contributed by atoms with Gasteiger partial charge in [0.1, 0.15) is 0 Å². The lowest BCUT2D eigenvalue weighted by atomic mass is 10.1. The number of anilines is 2. The number of hydrogen-bond acceptors (Lipinski definition) is 5. The molecule has 0 atom stereocenters. The van der Waals surface area contributed by atoms with Crippen LogP contribution in [-0.4, -0.2) is 30.1 Å². The summed E-state index contributed by atoms with van der Waals surface area (Å²) in [5, 5.41) is 16.0. The molecule has 0 amide bonds. The highest BCUT2D eigenvalue weighted by atomic mass is 79.9. The number of benzene rings is 2. The highest BCUT2D eigenvalue weighted by Gasteiger charge is 2.09. The zero-order valence-electron chi connectivity index (χ0n) is 13.6. The zero-order chi connectivity index (χ0) is 17.8. The van der Waals surface area contributed by atoms with Crippen LogP contribution in [-0.2, 0) is 0 Å². The van der Waals surface area contributed by atoms with E-state index in [1.54, 1.807) is 6.07 Å². The predicted octanol–water partition coefficient (Wildman–Crippen LogP) is 3.87. The molecule has 0 bridgehead atoms. The van der Waals surface area contributed by atoms with Gasteiger partial charge in [-0.2, -0.15) is 9.97 Å². The molecule has 3 N–H and O–H groups in total. The van der Waals surface area contributed by atoms with Crippen LogP contribution in [0.25, 0.3) is 10.8 Å². The van der Waals surface area contributed by atoms with Gasteiger partial charge in [0.2, 0.25) is 17.7 Å². The third-order valence-electron chi connectivity index (χ3n) is 3.46. The molecule has 128 valence electrons. The molecular formula is C17H16BrN5O2. The Balaban J connectivity index is 1.83. The number of fused-ring (bicyclic) bond motifs is 1. The van der Waals surface area contributed by atoms with Crippen molar-refractivity contribution in [2.75, 3.05) is 24.9 Å². The average molecular weight is 402 g/mol. The van der Waals surface area contributed by atoms with Gasteiger partial charge in [0.25, 0.3) is 0 Å². The zero-order valence-corrected chi connectivity index (χ0v) is 15.2. The third-order valence-corrected chi connectivity index (χ3v) is 4.16. The molecule has 0 spiro atoms. The molecule has 2 aromatic carbocycles. The van der Waals surface area contributed by atoms with Crippen molar-refractivity contribution < 1.29 is 9.47 Å². The van der Waals surface area contributed by atoms with Gasteiger partial charge in [-0.05, 0) is 17.5 Å². The average Bonchev–Trinajstić information content (AvgIpc) is 2.64. The molecule has 0 fully saturated rings. The van der Waals surface area contributed by atoms with Crippen molar-refractivity contribution in [1.29, 1.82) is 5.41 Å². The van der Waals surface area contributed by atoms with Crippen LogP contribution in [0.2, 0.25) is 0 Å². The number of methoxy groups -OCH3 is 2. The number of hydrogen-bond donors (Lipinski definition) is 3. The van der Waals surface area contributed by atoms with Gasteiger partial charge < -0.3 is 14.8 Å². The Morgan fingerprint density at radius 1 is 0.960 bits per heavy atom. The number of halogens is 1.